The summed E-state index contributed by atoms with van der Waals surface area (Å²) < 4.78 is 5.39. The highest BCUT2D eigenvalue weighted by Gasteiger charge is 2.43. The molecule has 130 valence electrons. The minimum absolute atomic E-state index is 0.0730. The molecule has 0 aromatic heterocycles. The summed E-state index contributed by atoms with van der Waals surface area (Å²) in [5.41, 5.74) is 1.56. The number of ether oxygens (including phenoxy) is 1. The van der Waals surface area contributed by atoms with Crippen molar-refractivity contribution in [2.24, 2.45) is 0 Å². The van der Waals surface area contributed by atoms with Crippen LogP contribution in [0.1, 0.15) is 56.0 Å². The predicted molar refractivity (Wildman–Crippen MR) is 95.8 cm³/mol. The van der Waals surface area contributed by atoms with Gasteiger partial charge in [0.15, 0.2) is 5.78 Å². The Morgan fingerprint density at radius 1 is 1.25 bits per heavy atom. The van der Waals surface area contributed by atoms with Crippen LogP contribution in [0.5, 0.6) is 0 Å². The van der Waals surface area contributed by atoms with Crippen LogP contribution in [0.4, 0.5) is 4.79 Å². The molecular formula is C19H25NO3S. The van der Waals surface area contributed by atoms with Gasteiger partial charge < -0.3 is 9.64 Å². The minimum atomic E-state index is -0.474. The molecule has 1 aromatic rings. The van der Waals surface area contributed by atoms with E-state index in [2.05, 4.69) is 13.0 Å². The maximum absolute atomic E-state index is 12.6. The largest absolute Gasteiger partial charge is 0.444 e. The first-order chi connectivity index (χ1) is 11.2. The van der Waals surface area contributed by atoms with E-state index in [0.717, 1.165) is 23.3 Å². The fraction of sp³-hybridized carbons (Fsp3) is 0.579. The van der Waals surface area contributed by atoms with E-state index in [1.165, 1.54) is 5.56 Å². The van der Waals surface area contributed by atoms with E-state index in [1.807, 2.05) is 44.7 Å². The molecule has 0 bridgehead atoms. The Morgan fingerprint density at radius 3 is 2.54 bits per heavy atom. The number of likely N-dealkylation sites (tertiary alicyclic amines) is 1. The smallest absolute Gasteiger partial charge is 0.410 e. The molecule has 3 rings (SSSR count). The normalized spacial score (nSPS) is 20.0. The second-order valence-electron chi connectivity index (χ2n) is 7.85. The van der Waals surface area contributed by atoms with Crippen molar-refractivity contribution >= 4 is 23.6 Å². The van der Waals surface area contributed by atoms with Crippen molar-refractivity contribution in [3.8, 4) is 0 Å². The Balaban J connectivity index is 1.70. The number of carbonyl (C=O) groups is 2. The number of benzene rings is 1. The van der Waals surface area contributed by atoms with Gasteiger partial charge in [0, 0.05) is 34.7 Å². The van der Waals surface area contributed by atoms with Gasteiger partial charge in [-0.05, 0) is 52.2 Å². The van der Waals surface area contributed by atoms with Crippen LogP contribution in [0, 0.1) is 6.92 Å². The first-order valence-corrected chi connectivity index (χ1v) is 9.30. The average Bonchev–Trinajstić information content (AvgIpc) is 2.45. The second-order valence-corrected chi connectivity index (χ2v) is 9.36. The number of fused-ring (bicyclic) bond motifs is 1. The number of aryl methyl sites for hydroxylation is 1. The molecule has 0 aliphatic carbocycles. The number of piperidine rings is 1. The maximum atomic E-state index is 12.6. The Bertz CT molecular complexity index is 670. The van der Waals surface area contributed by atoms with Crippen molar-refractivity contribution in [3.63, 3.8) is 0 Å². The van der Waals surface area contributed by atoms with Gasteiger partial charge in [0.25, 0.3) is 0 Å². The van der Waals surface area contributed by atoms with Crippen LogP contribution in [0.15, 0.2) is 23.1 Å². The topological polar surface area (TPSA) is 46.6 Å². The van der Waals surface area contributed by atoms with Gasteiger partial charge in [-0.25, -0.2) is 4.79 Å². The predicted octanol–water partition coefficient (Wildman–Crippen LogP) is 4.44. The number of rotatable bonds is 0. The quantitative estimate of drug-likeness (QED) is 0.696. The third-order valence-electron chi connectivity index (χ3n) is 4.57. The molecule has 2 heterocycles. The molecule has 0 unspecified atom stereocenters. The number of ketones is 1. The number of amides is 1. The summed E-state index contributed by atoms with van der Waals surface area (Å²) in [6.07, 6.45) is 1.97. The summed E-state index contributed by atoms with van der Waals surface area (Å²) in [7, 11) is 0. The highest BCUT2D eigenvalue weighted by molar-refractivity contribution is 8.01. The molecule has 1 aromatic carbocycles. The fourth-order valence-corrected chi connectivity index (χ4v) is 4.90. The van der Waals surface area contributed by atoms with E-state index >= 15 is 0 Å². The van der Waals surface area contributed by atoms with Crippen molar-refractivity contribution in [1.29, 1.82) is 0 Å². The van der Waals surface area contributed by atoms with E-state index in [4.69, 9.17) is 4.74 Å². The molecule has 5 heteroatoms. The zero-order chi connectivity index (χ0) is 17.5. The maximum Gasteiger partial charge on any atom is 0.410 e. The van der Waals surface area contributed by atoms with Crippen molar-refractivity contribution in [2.75, 3.05) is 13.1 Å². The van der Waals surface area contributed by atoms with Crippen LogP contribution >= 0.6 is 11.8 Å². The molecule has 24 heavy (non-hydrogen) atoms. The summed E-state index contributed by atoms with van der Waals surface area (Å²) >= 11 is 1.83. The van der Waals surface area contributed by atoms with Crippen LogP contribution < -0.4 is 0 Å². The summed E-state index contributed by atoms with van der Waals surface area (Å²) in [4.78, 5) is 27.6. The average molecular weight is 347 g/mol. The van der Waals surface area contributed by atoms with Crippen molar-refractivity contribution in [3.05, 3.63) is 29.3 Å². The number of hydrogen-bond donors (Lipinski definition) is 0. The number of carbonyl (C=O) groups excluding carboxylic acids is 2. The van der Waals surface area contributed by atoms with Gasteiger partial charge in [-0.2, -0.15) is 0 Å². The van der Waals surface area contributed by atoms with Gasteiger partial charge in [0.1, 0.15) is 5.60 Å². The van der Waals surface area contributed by atoms with Crippen LogP contribution in [-0.2, 0) is 4.74 Å². The van der Waals surface area contributed by atoms with Gasteiger partial charge in [-0.15, -0.1) is 11.8 Å². The molecular weight excluding hydrogens is 322 g/mol. The molecule has 0 radical (unpaired) electrons. The van der Waals surface area contributed by atoms with Crippen molar-refractivity contribution in [1.82, 2.24) is 4.90 Å². The van der Waals surface area contributed by atoms with Gasteiger partial charge in [0.2, 0.25) is 0 Å². The number of hydrogen-bond acceptors (Lipinski definition) is 4. The monoisotopic (exact) mass is 347 g/mol. The fourth-order valence-electron chi connectivity index (χ4n) is 3.30. The van der Waals surface area contributed by atoms with Crippen molar-refractivity contribution < 1.29 is 14.3 Å². The number of Topliss-reactive ketones (excluding diaryl/α,β-unsaturated/α-hetero) is 1. The van der Waals surface area contributed by atoms with Gasteiger partial charge in [-0.3, -0.25) is 4.79 Å². The highest BCUT2D eigenvalue weighted by Crippen LogP contribution is 2.49. The Morgan fingerprint density at radius 2 is 1.92 bits per heavy atom. The molecule has 1 spiro atoms. The SMILES string of the molecule is Cc1ccc2c(c1)SC1(CCN(C(=O)OC(C)(C)C)CC1)CC2=O. The lowest BCUT2D eigenvalue weighted by Crippen LogP contribution is -2.48. The molecule has 0 N–H and O–H groups in total. The molecule has 1 amide bonds. The Kier molecular flexibility index (Phi) is 4.41. The summed E-state index contributed by atoms with van der Waals surface area (Å²) in [6.45, 7) is 8.99. The molecule has 0 saturated carbocycles. The lowest BCUT2D eigenvalue weighted by molar-refractivity contribution is 0.0196. The lowest BCUT2D eigenvalue weighted by atomic mass is 9.88. The van der Waals surface area contributed by atoms with E-state index in [-0.39, 0.29) is 16.6 Å². The zero-order valence-electron chi connectivity index (χ0n) is 14.8. The summed E-state index contributed by atoms with van der Waals surface area (Å²) in [6, 6.07) is 6.06. The Hall–Kier alpha value is -1.49. The third-order valence-corrected chi connectivity index (χ3v) is 6.12. The minimum Gasteiger partial charge on any atom is -0.444 e. The van der Waals surface area contributed by atoms with E-state index in [9.17, 15) is 9.59 Å². The molecule has 1 saturated heterocycles. The van der Waals surface area contributed by atoms with Crippen LogP contribution in [0.3, 0.4) is 0 Å². The molecule has 1 fully saturated rings. The molecule has 2 aliphatic rings. The first-order valence-electron chi connectivity index (χ1n) is 8.48. The standard InChI is InChI=1S/C19H25NO3S/c1-13-5-6-14-15(21)12-19(24-16(14)11-13)7-9-20(10-8-19)17(22)23-18(2,3)4/h5-6,11H,7-10,12H2,1-4H3. The van der Waals surface area contributed by atoms with Crippen LogP contribution in [0.2, 0.25) is 0 Å². The molecule has 4 nitrogen and oxygen atoms in total. The van der Waals surface area contributed by atoms with E-state index in [0.29, 0.717) is 19.5 Å². The van der Waals surface area contributed by atoms with Crippen LogP contribution in [0.25, 0.3) is 0 Å². The highest BCUT2D eigenvalue weighted by atomic mass is 32.2. The molecule has 2 aliphatic heterocycles. The summed E-state index contributed by atoms with van der Waals surface area (Å²) in [5, 5.41) is 0. The second kappa shape index (κ2) is 6.10. The number of nitrogens with zero attached hydrogens (tertiary/aromatic N) is 1. The van der Waals surface area contributed by atoms with Gasteiger partial charge >= 0.3 is 6.09 Å². The van der Waals surface area contributed by atoms with E-state index < -0.39 is 5.60 Å². The van der Waals surface area contributed by atoms with Gasteiger partial charge in [0.05, 0.1) is 0 Å². The first kappa shape index (κ1) is 17.3. The van der Waals surface area contributed by atoms with Gasteiger partial charge in [-0.1, -0.05) is 12.1 Å². The summed E-state index contributed by atoms with van der Waals surface area (Å²) in [5.74, 6) is 0.231. The Labute approximate surface area is 147 Å². The van der Waals surface area contributed by atoms with Crippen molar-refractivity contribution in [2.45, 2.75) is 62.2 Å². The molecule has 0 atom stereocenters. The van der Waals surface area contributed by atoms with Crippen LogP contribution in [-0.4, -0.2) is 40.2 Å². The lowest BCUT2D eigenvalue weighted by Gasteiger charge is -2.43. The van der Waals surface area contributed by atoms with E-state index in [1.54, 1.807) is 4.90 Å². The number of thioether (sulfide) groups is 1. The zero-order valence-corrected chi connectivity index (χ0v) is 15.7. The third kappa shape index (κ3) is 3.61.